The van der Waals surface area contributed by atoms with Gasteiger partial charge in [-0.1, -0.05) is 78.6 Å². The van der Waals surface area contributed by atoms with E-state index in [2.05, 4.69) is 46.9 Å². The van der Waals surface area contributed by atoms with E-state index < -0.39 is 5.91 Å². The third-order valence-electron chi connectivity index (χ3n) is 5.82. The van der Waals surface area contributed by atoms with Crippen LogP contribution in [0.1, 0.15) is 37.5 Å². The van der Waals surface area contributed by atoms with Gasteiger partial charge in [-0.25, -0.2) is 0 Å². The van der Waals surface area contributed by atoms with E-state index in [9.17, 15) is 9.90 Å². The van der Waals surface area contributed by atoms with Crippen molar-refractivity contribution in [3.05, 3.63) is 86.8 Å². The van der Waals surface area contributed by atoms with Crippen LogP contribution in [0, 0.1) is 6.92 Å². The van der Waals surface area contributed by atoms with Gasteiger partial charge in [-0.05, 0) is 59.4 Å². The van der Waals surface area contributed by atoms with E-state index in [0.717, 1.165) is 26.7 Å². The van der Waals surface area contributed by atoms with Crippen LogP contribution >= 0.6 is 27.5 Å². The van der Waals surface area contributed by atoms with Gasteiger partial charge in [-0.15, -0.1) is 10.2 Å². The van der Waals surface area contributed by atoms with Gasteiger partial charge in [0.05, 0.1) is 12.1 Å². The molecule has 1 heterocycles. The van der Waals surface area contributed by atoms with Crippen molar-refractivity contribution in [2.24, 2.45) is 10.2 Å². The largest absolute Gasteiger partial charge is 0.493 e. The summed E-state index contributed by atoms with van der Waals surface area (Å²) < 4.78 is 8.34. The summed E-state index contributed by atoms with van der Waals surface area (Å²) in [5, 5.41) is 20.3. The normalized spacial score (nSPS) is 11.9. The molecule has 36 heavy (non-hydrogen) atoms. The van der Waals surface area contributed by atoms with Crippen LogP contribution in [0.4, 0.5) is 5.69 Å². The zero-order chi connectivity index (χ0) is 26.0. The number of azo groups is 1. The summed E-state index contributed by atoms with van der Waals surface area (Å²) in [5.74, 6) is -0.0128. The molecule has 4 rings (SSSR count). The lowest BCUT2D eigenvalue weighted by Gasteiger charge is -2.22. The second-order valence-electron chi connectivity index (χ2n) is 9.64. The molecule has 1 aromatic heterocycles. The maximum Gasteiger partial charge on any atom is 0.302 e. The molecule has 0 saturated carbocycles. The number of rotatable bonds is 6. The Hall–Kier alpha value is -3.16. The SMILES string of the molecule is Cc1ccc(C(C)(C)C)c(OCC(=O)N=Nc2c(O)n(Cc3ccccc3Cl)c3ccc(Br)cc23)c1. The first-order valence-corrected chi connectivity index (χ1v) is 12.6. The van der Waals surface area contributed by atoms with E-state index in [1.165, 1.54) is 0 Å². The fourth-order valence-electron chi connectivity index (χ4n) is 3.99. The number of benzene rings is 3. The predicted molar refractivity (Wildman–Crippen MR) is 147 cm³/mol. The Morgan fingerprint density at radius 2 is 1.86 bits per heavy atom. The number of aromatic nitrogens is 1. The zero-order valence-corrected chi connectivity index (χ0v) is 22.9. The smallest absolute Gasteiger partial charge is 0.302 e. The number of fused-ring (bicyclic) bond motifs is 1. The Bertz CT molecular complexity index is 1470. The molecule has 1 amide bonds. The van der Waals surface area contributed by atoms with Crippen molar-refractivity contribution in [3.63, 3.8) is 0 Å². The van der Waals surface area contributed by atoms with Crippen molar-refractivity contribution in [3.8, 4) is 11.6 Å². The molecule has 0 fully saturated rings. The molecular weight excluding hydrogens is 542 g/mol. The van der Waals surface area contributed by atoms with Gasteiger partial charge in [-0.2, -0.15) is 0 Å². The van der Waals surface area contributed by atoms with Gasteiger partial charge >= 0.3 is 5.91 Å². The fraction of sp³-hybridized carbons (Fsp3) is 0.250. The first-order chi connectivity index (χ1) is 17.0. The molecule has 8 heteroatoms. The molecule has 0 bridgehead atoms. The molecule has 6 nitrogen and oxygen atoms in total. The summed E-state index contributed by atoms with van der Waals surface area (Å²) in [6, 6.07) is 19.0. The van der Waals surface area contributed by atoms with Crippen molar-refractivity contribution in [2.75, 3.05) is 6.61 Å². The molecule has 3 aromatic carbocycles. The van der Waals surface area contributed by atoms with Gasteiger partial charge in [-0.3, -0.25) is 4.79 Å². The molecule has 4 aromatic rings. The lowest BCUT2D eigenvalue weighted by atomic mass is 9.86. The van der Waals surface area contributed by atoms with Crippen molar-refractivity contribution in [1.29, 1.82) is 0 Å². The van der Waals surface area contributed by atoms with Gasteiger partial charge < -0.3 is 14.4 Å². The third kappa shape index (κ3) is 5.63. The third-order valence-corrected chi connectivity index (χ3v) is 6.68. The summed E-state index contributed by atoms with van der Waals surface area (Å²) in [7, 11) is 0. The van der Waals surface area contributed by atoms with Gasteiger partial charge in [0.25, 0.3) is 0 Å². The summed E-state index contributed by atoms with van der Waals surface area (Å²) in [4.78, 5) is 12.6. The number of hydrogen-bond acceptors (Lipinski definition) is 4. The van der Waals surface area contributed by atoms with Crippen LogP contribution in [-0.4, -0.2) is 22.2 Å². The molecule has 0 aliphatic carbocycles. The quantitative estimate of drug-likeness (QED) is 0.239. The van der Waals surface area contributed by atoms with Crippen molar-refractivity contribution in [1.82, 2.24) is 4.57 Å². The maximum atomic E-state index is 12.6. The van der Waals surface area contributed by atoms with Crippen LogP contribution in [0.15, 0.2) is 75.4 Å². The number of halogens is 2. The number of carbonyl (C=O) groups excluding carboxylic acids is 1. The predicted octanol–water partition coefficient (Wildman–Crippen LogP) is 8.11. The second-order valence-corrected chi connectivity index (χ2v) is 11.0. The number of aromatic hydroxyl groups is 1. The first kappa shape index (κ1) is 25.9. The average Bonchev–Trinajstić information content (AvgIpc) is 3.06. The van der Waals surface area contributed by atoms with Crippen LogP contribution in [0.3, 0.4) is 0 Å². The van der Waals surface area contributed by atoms with E-state index in [-0.39, 0.29) is 23.6 Å². The van der Waals surface area contributed by atoms with E-state index >= 15 is 0 Å². The molecule has 186 valence electrons. The van der Waals surface area contributed by atoms with Crippen LogP contribution in [0.5, 0.6) is 11.6 Å². The Balaban J connectivity index is 1.61. The van der Waals surface area contributed by atoms with Gasteiger partial charge in [0.15, 0.2) is 12.3 Å². The average molecular weight is 569 g/mol. The highest BCUT2D eigenvalue weighted by molar-refractivity contribution is 9.10. The Kier molecular flexibility index (Phi) is 7.52. The summed E-state index contributed by atoms with van der Waals surface area (Å²) in [6.45, 7) is 8.31. The maximum absolute atomic E-state index is 12.6. The van der Waals surface area contributed by atoms with Crippen LogP contribution < -0.4 is 4.74 Å². The number of nitrogens with zero attached hydrogens (tertiary/aromatic N) is 3. The summed E-state index contributed by atoms with van der Waals surface area (Å²) >= 11 is 9.81. The standard InChI is InChI=1S/C28H27BrClN3O3/c1-17-9-11-21(28(2,3)4)24(13-17)36-16-25(34)31-32-26-20-14-19(29)10-12-23(20)33(27(26)35)15-18-7-5-6-8-22(18)30/h5-14,35H,15-16H2,1-4H3. The Morgan fingerprint density at radius 3 is 2.58 bits per heavy atom. The van der Waals surface area contributed by atoms with Gasteiger partial charge in [0.2, 0.25) is 5.88 Å². The first-order valence-electron chi connectivity index (χ1n) is 11.5. The molecule has 0 spiro atoms. The van der Waals surface area contributed by atoms with Crippen LogP contribution in [0.2, 0.25) is 5.02 Å². The van der Waals surface area contributed by atoms with Gasteiger partial charge in [0.1, 0.15) is 5.75 Å². The van der Waals surface area contributed by atoms with E-state index in [1.54, 1.807) is 10.6 Å². The van der Waals surface area contributed by atoms with Gasteiger partial charge in [0, 0.05) is 14.9 Å². The monoisotopic (exact) mass is 567 g/mol. The molecule has 1 N–H and O–H groups in total. The number of amides is 1. The second kappa shape index (κ2) is 10.4. The molecule has 0 radical (unpaired) electrons. The minimum Gasteiger partial charge on any atom is -0.493 e. The number of ether oxygens (including phenoxy) is 1. The van der Waals surface area contributed by atoms with E-state index in [0.29, 0.717) is 22.7 Å². The minimum atomic E-state index is -0.558. The molecule has 0 aliphatic rings. The van der Waals surface area contributed by atoms with Crippen molar-refractivity contribution >= 4 is 50.0 Å². The molecule has 0 saturated heterocycles. The summed E-state index contributed by atoms with van der Waals surface area (Å²) in [6.07, 6.45) is 0. The highest BCUT2D eigenvalue weighted by Crippen LogP contribution is 2.41. The fourth-order valence-corrected chi connectivity index (χ4v) is 4.55. The van der Waals surface area contributed by atoms with E-state index in [1.807, 2.05) is 61.5 Å². The lowest BCUT2D eigenvalue weighted by Crippen LogP contribution is -2.16. The molecule has 0 aliphatic heterocycles. The molecular formula is C28H27BrClN3O3. The van der Waals surface area contributed by atoms with Crippen LogP contribution in [-0.2, 0) is 16.8 Å². The zero-order valence-electron chi connectivity index (χ0n) is 20.5. The summed E-state index contributed by atoms with van der Waals surface area (Å²) in [5.41, 5.74) is 3.68. The Morgan fingerprint density at radius 1 is 1.11 bits per heavy atom. The van der Waals surface area contributed by atoms with Crippen LogP contribution in [0.25, 0.3) is 10.9 Å². The van der Waals surface area contributed by atoms with Crippen molar-refractivity contribution in [2.45, 2.75) is 39.7 Å². The highest BCUT2D eigenvalue weighted by Gasteiger charge is 2.21. The highest BCUT2D eigenvalue weighted by atomic mass is 79.9. The van der Waals surface area contributed by atoms with Crippen molar-refractivity contribution < 1.29 is 14.6 Å². The number of carbonyl (C=O) groups is 1. The number of hydrogen-bond donors (Lipinski definition) is 1. The molecule has 0 unspecified atom stereocenters. The topological polar surface area (TPSA) is 76.2 Å². The minimum absolute atomic E-state index is 0.103. The molecule has 0 atom stereocenters. The number of aryl methyl sites for hydroxylation is 1. The van der Waals surface area contributed by atoms with E-state index in [4.69, 9.17) is 16.3 Å². The lowest BCUT2D eigenvalue weighted by molar-refractivity contribution is -0.120. The Labute approximate surface area is 223 Å².